The molecule has 1 aliphatic rings. The molecular formula is C13H14N2S3. The Kier molecular flexibility index (Phi) is 3.82. The van der Waals surface area contributed by atoms with Crippen molar-refractivity contribution >= 4 is 51.2 Å². The van der Waals surface area contributed by atoms with E-state index in [1.165, 1.54) is 22.4 Å². The maximum atomic E-state index is 5.54. The van der Waals surface area contributed by atoms with Gasteiger partial charge in [0.1, 0.15) is 0 Å². The second kappa shape index (κ2) is 5.55. The molecular weight excluding hydrogens is 280 g/mol. The highest BCUT2D eigenvalue weighted by Crippen LogP contribution is 2.23. The number of hydrogen-bond donors (Lipinski definition) is 0. The average molecular weight is 294 g/mol. The van der Waals surface area contributed by atoms with Crippen LogP contribution in [0.4, 0.5) is 0 Å². The number of thiocarbonyl (C=S) groups is 1. The van der Waals surface area contributed by atoms with Gasteiger partial charge in [-0.2, -0.15) is 11.8 Å². The summed E-state index contributed by atoms with van der Waals surface area (Å²) in [6.45, 7) is 2.16. The molecule has 0 saturated carbocycles. The van der Waals surface area contributed by atoms with Crippen molar-refractivity contribution in [2.24, 2.45) is 0 Å². The molecule has 5 heteroatoms. The minimum absolute atomic E-state index is 0.983. The van der Waals surface area contributed by atoms with E-state index in [0.29, 0.717) is 0 Å². The third-order valence-corrected chi connectivity index (χ3v) is 5.36. The molecule has 94 valence electrons. The minimum Gasteiger partial charge on any atom is -0.354 e. The molecule has 0 amide bonds. The van der Waals surface area contributed by atoms with Gasteiger partial charge in [-0.1, -0.05) is 30.4 Å². The van der Waals surface area contributed by atoms with Crippen molar-refractivity contribution in [1.29, 1.82) is 0 Å². The molecule has 2 aromatic rings. The Balaban J connectivity index is 1.77. The Morgan fingerprint density at radius 1 is 1.17 bits per heavy atom. The van der Waals surface area contributed by atoms with Crippen molar-refractivity contribution in [1.82, 2.24) is 8.87 Å². The highest BCUT2D eigenvalue weighted by atomic mass is 32.2. The maximum absolute atomic E-state index is 5.54. The molecule has 0 bridgehead atoms. The molecule has 1 saturated heterocycles. The summed E-state index contributed by atoms with van der Waals surface area (Å²) in [6, 6.07) is 10.5. The summed E-state index contributed by atoms with van der Waals surface area (Å²) in [5, 5.41) is 1.27. The molecule has 0 radical (unpaired) electrons. The van der Waals surface area contributed by atoms with E-state index in [4.69, 9.17) is 12.2 Å². The predicted molar refractivity (Wildman–Crippen MR) is 86.4 cm³/mol. The van der Waals surface area contributed by atoms with Gasteiger partial charge in [0.05, 0.1) is 5.52 Å². The first-order valence-corrected chi connectivity index (χ1v) is 8.29. The number of fused-ring (bicyclic) bond motifs is 1. The number of para-hydroxylation sites is 1. The molecule has 0 N–H and O–H groups in total. The van der Waals surface area contributed by atoms with E-state index in [0.717, 1.165) is 17.4 Å². The van der Waals surface area contributed by atoms with Gasteiger partial charge in [-0.25, -0.2) is 0 Å². The van der Waals surface area contributed by atoms with Gasteiger partial charge in [0.2, 0.25) is 0 Å². The molecule has 0 atom stereocenters. The third-order valence-electron chi connectivity index (χ3n) is 3.01. The monoisotopic (exact) mass is 294 g/mol. The van der Waals surface area contributed by atoms with Crippen LogP contribution in [0.15, 0.2) is 36.5 Å². The minimum atomic E-state index is 0.983. The predicted octanol–water partition coefficient (Wildman–Crippen LogP) is 3.47. The fraction of sp³-hybridized carbons (Fsp3) is 0.308. The molecule has 1 aliphatic heterocycles. The van der Waals surface area contributed by atoms with Gasteiger partial charge in [-0.05, 0) is 12.1 Å². The van der Waals surface area contributed by atoms with Crippen molar-refractivity contribution in [3.05, 3.63) is 36.5 Å². The van der Waals surface area contributed by atoms with E-state index in [2.05, 4.69) is 45.4 Å². The first-order valence-electron chi connectivity index (χ1n) is 5.96. The number of thioether (sulfide) groups is 1. The van der Waals surface area contributed by atoms with Crippen LogP contribution in [-0.4, -0.2) is 37.8 Å². The molecule has 18 heavy (non-hydrogen) atoms. The Bertz CT molecular complexity index is 558. The number of benzene rings is 1. The number of rotatable bonds is 1. The second-order valence-corrected chi connectivity index (χ2v) is 6.99. The van der Waals surface area contributed by atoms with E-state index in [-0.39, 0.29) is 0 Å². The summed E-state index contributed by atoms with van der Waals surface area (Å²) in [7, 11) is 0. The topological polar surface area (TPSA) is 8.17 Å². The lowest BCUT2D eigenvalue weighted by Gasteiger charge is -2.28. The third kappa shape index (κ3) is 2.53. The van der Waals surface area contributed by atoms with Crippen LogP contribution in [-0.2, 0) is 0 Å². The lowest BCUT2D eigenvalue weighted by atomic mass is 10.3. The van der Waals surface area contributed by atoms with Crippen LogP contribution in [0, 0.1) is 0 Å². The molecule has 3 rings (SSSR count). The van der Waals surface area contributed by atoms with Gasteiger partial charge in [-0.3, -0.25) is 3.97 Å². The summed E-state index contributed by atoms with van der Waals surface area (Å²) < 4.78 is 3.15. The average Bonchev–Trinajstić information content (AvgIpc) is 2.83. The van der Waals surface area contributed by atoms with Crippen LogP contribution >= 0.6 is 35.9 Å². The van der Waals surface area contributed by atoms with Crippen molar-refractivity contribution in [2.75, 3.05) is 24.6 Å². The normalized spacial score (nSPS) is 16.1. The zero-order valence-electron chi connectivity index (χ0n) is 9.91. The summed E-state index contributed by atoms with van der Waals surface area (Å²) in [6.07, 6.45) is 2.10. The second-order valence-electron chi connectivity index (χ2n) is 4.16. The van der Waals surface area contributed by atoms with E-state index >= 15 is 0 Å². The molecule has 2 nitrogen and oxygen atoms in total. The highest BCUT2D eigenvalue weighted by molar-refractivity contribution is 8.22. The first kappa shape index (κ1) is 12.4. The summed E-state index contributed by atoms with van der Waals surface area (Å²) >= 11 is 9.20. The fourth-order valence-electron chi connectivity index (χ4n) is 2.02. The maximum Gasteiger partial charge on any atom is 0.157 e. The molecule has 0 spiro atoms. The number of nitrogens with zero attached hydrogens (tertiary/aromatic N) is 2. The van der Waals surface area contributed by atoms with Crippen LogP contribution in [0.1, 0.15) is 0 Å². The van der Waals surface area contributed by atoms with Crippen molar-refractivity contribution in [2.45, 2.75) is 0 Å². The van der Waals surface area contributed by atoms with Crippen LogP contribution in [0.3, 0.4) is 0 Å². The lowest BCUT2D eigenvalue weighted by Crippen LogP contribution is -2.35. The summed E-state index contributed by atoms with van der Waals surface area (Å²) in [5.74, 6) is 2.38. The standard InChI is InChI=1S/C13H14N2S3/c16-13(14-7-9-17-10-8-14)18-15-6-5-11-3-1-2-4-12(11)15/h1-6H,7-10H2. The number of aromatic nitrogens is 1. The van der Waals surface area contributed by atoms with Gasteiger partial charge < -0.3 is 4.90 Å². The Labute approximate surface area is 121 Å². The van der Waals surface area contributed by atoms with Crippen LogP contribution in [0.2, 0.25) is 0 Å². The van der Waals surface area contributed by atoms with Crippen LogP contribution in [0.25, 0.3) is 10.9 Å². The molecule has 0 unspecified atom stereocenters. The zero-order valence-corrected chi connectivity index (χ0v) is 12.4. The molecule has 0 aliphatic carbocycles. The molecule has 2 heterocycles. The van der Waals surface area contributed by atoms with Gasteiger partial charge >= 0.3 is 0 Å². The number of hydrogen-bond acceptors (Lipinski definition) is 3. The largest absolute Gasteiger partial charge is 0.354 e. The SMILES string of the molecule is S=C(Sn1ccc2ccccc21)N1CCSCC1. The Hall–Kier alpha value is -0.650. The van der Waals surface area contributed by atoms with Crippen molar-refractivity contribution in [3.63, 3.8) is 0 Å². The molecule has 1 aromatic carbocycles. The Morgan fingerprint density at radius 2 is 1.94 bits per heavy atom. The van der Waals surface area contributed by atoms with Crippen LogP contribution in [0.5, 0.6) is 0 Å². The first-order chi connectivity index (χ1) is 8.84. The van der Waals surface area contributed by atoms with Crippen LogP contribution < -0.4 is 0 Å². The summed E-state index contributed by atoms with van der Waals surface area (Å²) in [4.78, 5) is 2.31. The molecule has 1 fully saturated rings. The van der Waals surface area contributed by atoms with Crippen molar-refractivity contribution < 1.29 is 0 Å². The summed E-state index contributed by atoms with van der Waals surface area (Å²) in [5.41, 5.74) is 1.23. The van der Waals surface area contributed by atoms with E-state index in [1.807, 2.05) is 11.8 Å². The lowest BCUT2D eigenvalue weighted by molar-refractivity contribution is 0.479. The highest BCUT2D eigenvalue weighted by Gasteiger charge is 2.15. The quantitative estimate of drug-likeness (QED) is 0.744. The zero-order chi connectivity index (χ0) is 12.4. The van der Waals surface area contributed by atoms with Crippen molar-refractivity contribution in [3.8, 4) is 0 Å². The van der Waals surface area contributed by atoms with Gasteiger partial charge in [0, 0.05) is 48.1 Å². The van der Waals surface area contributed by atoms with E-state index in [9.17, 15) is 0 Å². The van der Waals surface area contributed by atoms with E-state index < -0.39 is 0 Å². The van der Waals surface area contributed by atoms with Gasteiger partial charge in [0.25, 0.3) is 0 Å². The van der Waals surface area contributed by atoms with Gasteiger partial charge in [0.15, 0.2) is 4.32 Å². The van der Waals surface area contributed by atoms with Gasteiger partial charge in [-0.15, -0.1) is 0 Å². The van der Waals surface area contributed by atoms with E-state index in [1.54, 1.807) is 11.9 Å². The fourth-order valence-corrected chi connectivity index (χ4v) is 4.20. The molecule has 1 aromatic heterocycles. The smallest absolute Gasteiger partial charge is 0.157 e. The Morgan fingerprint density at radius 3 is 2.78 bits per heavy atom.